The summed E-state index contributed by atoms with van der Waals surface area (Å²) in [5, 5.41) is 22.3. The fourth-order valence-electron chi connectivity index (χ4n) is 1.40. The van der Waals surface area contributed by atoms with Gasteiger partial charge in [0, 0.05) is 24.7 Å². The number of nitrogens with zero attached hydrogens (tertiary/aromatic N) is 2. The highest BCUT2D eigenvalue weighted by molar-refractivity contribution is 5.34. The van der Waals surface area contributed by atoms with Crippen molar-refractivity contribution in [1.82, 2.24) is 5.32 Å². The van der Waals surface area contributed by atoms with Crippen molar-refractivity contribution >= 4 is 5.69 Å². The Labute approximate surface area is 100 Å². The van der Waals surface area contributed by atoms with Crippen LogP contribution in [0.25, 0.3) is 0 Å². The third-order valence-electron chi connectivity index (χ3n) is 2.55. The lowest BCUT2D eigenvalue weighted by molar-refractivity contribution is -0.384. The van der Waals surface area contributed by atoms with Crippen molar-refractivity contribution in [2.24, 2.45) is 5.92 Å². The van der Waals surface area contributed by atoms with E-state index in [1.807, 2.05) is 13.8 Å². The van der Waals surface area contributed by atoms with Gasteiger partial charge in [-0.2, -0.15) is 5.26 Å². The Balaban J connectivity index is 2.61. The van der Waals surface area contributed by atoms with E-state index in [4.69, 9.17) is 5.26 Å². The molecule has 1 N–H and O–H groups in total. The first-order valence-corrected chi connectivity index (χ1v) is 5.42. The van der Waals surface area contributed by atoms with Crippen LogP contribution in [-0.4, -0.2) is 11.5 Å². The molecule has 0 heterocycles. The summed E-state index contributed by atoms with van der Waals surface area (Å²) < 4.78 is 0. The van der Waals surface area contributed by atoms with Crippen molar-refractivity contribution in [3.8, 4) is 6.07 Å². The molecule has 5 heteroatoms. The van der Waals surface area contributed by atoms with E-state index in [2.05, 4.69) is 11.4 Å². The van der Waals surface area contributed by atoms with E-state index in [0.29, 0.717) is 6.54 Å². The number of nitro benzene ring substituents is 1. The molecule has 1 rings (SSSR count). The third kappa shape index (κ3) is 3.85. The van der Waals surface area contributed by atoms with Crippen molar-refractivity contribution in [2.75, 3.05) is 6.54 Å². The van der Waals surface area contributed by atoms with E-state index < -0.39 is 4.92 Å². The molecule has 0 aliphatic heterocycles. The number of nitrogens with one attached hydrogen (secondary N) is 1. The minimum Gasteiger partial charge on any atom is -0.309 e. The van der Waals surface area contributed by atoms with Crippen LogP contribution in [0.4, 0.5) is 5.69 Å². The van der Waals surface area contributed by atoms with Crippen molar-refractivity contribution in [3.63, 3.8) is 0 Å². The van der Waals surface area contributed by atoms with Gasteiger partial charge in [-0.25, -0.2) is 0 Å². The summed E-state index contributed by atoms with van der Waals surface area (Å²) in [5.41, 5.74) is 1.06. The minimum absolute atomic E-state index is 0.0458. The molecule has 17 heavy (non-hydrogen) atoms. The molecule has 2 unspecified atom stereocenters. The largest absolute Gasteiger partial charge is 0.309 e. The minimum atomic E-state index is -0.417. The highest BCUT2D eigenvalue weighted by Gasteiger charge is 2.09. The third-order valence-corrected chi connectivity index (χ3v) is 2.55. The fourth-order valence-corrected chi connectivity index (χ4v) is 1.40. The van der Waals surface area contributed by atoms with Crippen LogP contribution >= 0.6 is 0 Å². The Bertz CT molecular complexity index is 422. The molecule has 0 aliphatic carbocycles. The molecule has 1 aromatic rings. The highest BCUT2D eigenvalue weighted by atomic mass is 16.6. The Hall–Kier alpha value is -1.93. The maximum Gasteiger partial charge on any atom is 0.269 e. The number of benzene rings is 1. The Morgan fingerprint density at radius 1 is 1.41 bits per heavy atom. The second kappa shape index (κ2) is 5.97. The van der Waals surface area contributed by atoms with Gasteiger partial charge in [-0.05, 0) is 19.4 Å². The monoisotopic (exact) mass is 233 g/mol. The zero-order chi connectivity index (χ0) is 12.8. The number of hydrogen-bond donors (Lipinski definition) is 1. The van der Waals surface area contributed by atoms with Crippen molar-refractivity contribution in [1.29, 1.82) is 5.26 Å². The van der Waals surface area contributed by atoms with Gasteiger partial charge in [-0.3, -0.25) is 10.1 Å². The van der Waals surface area contributed by atoms with Crippen molar-refractivity contribution in [2.45, 2.75) is 19.9 Å². The molecule has 1 aromatic carbocycles. The number of nitriles is 1. The van der Waals surface area contributed by atoms with Crippen LogP contribution in [0.2, 0.25) is 0 Å². The maximum atomic E-state index is 10.5. The average Bonchev–Trinajstić information content (AvgIpc) is 2.35. The van der Waals surface area contributed by atoms with Gasteiger partial charge in [-0.15, -0.1) is 0 Å². The van der Waals surface area contributed by atoms with Crippen LogP contribution in [0.3, 0.4) is 0 Å². The molecule has 0 aromatic heterocycles. The van der Waals surface area contributed by atoms with E-state index in [9.17, 15) is 10.1 Å². The summed E-state index contributed by atoms with van der Waals surface area (Å²) in [6, 6.07) is 8.65. The SMILES string of the molecule is CC(C#N)CNC(C)c1ccc([N+](=O)[O-])cc1. The normalized spacial score (nSPS) is 13.7. The molecule has 90 valence electrons. The van der Waals surface area contributed by atoms with E-state index in [1.54, 1.807) is 12.1 Å². The topological polar surface area (TPSA) is 79.0 Å². The van der Waals surface area contributed by atoms with Gasteiger partial charge >= 0.3 is 0 Å². The first-order valence-electron chi connectivity index (χ1n) is 5.42. The standard InChI is InChI=1S/C12H15N3O2/c1-9(7-13)8-14-10(2)11-3-5-12(6-4-11)15(16)17/h3-6,9-10,14H,8H2,1-2H3. The smallest absolute Gasteiger partial charge is 0.269 e. The lowest BCUT2D eigenvalue weighted by Crippen LogP contribution is -2.23. The molecule has 0 bridgehead atoms. The summed E-state index contributed by atoms with van der Waals surface area (Å²) in [6.45, 7) is 4.41. The van der Waals surface area contributed by atoms with E-state index >= 15 is 0 Å². The number of nitro groups is 1. The molecule has 0 spiro atoms. The summed E-state index contributed by atoms with van der Waals surface area (Å²) in [7, 11) is 0. The van der Waals surface area contributed by atoms with E-state index in [0.717, 1.165) is 5.56 Å². The van der Waals surface area contributed by atoms with Gasteiger partial charge in [-0.1, -0.05) is 12.1 Å². The molecule has 0 radical (unpaired) electrons. The van der Waals surface area contributed by atoms with Gasteiger partial charge in [0.15, 0.2) is 0 Å². The fraction of sp³-hybridized carbons (Fsp3) is 0.417. The van der Waals surface area contributed by atoms with E-state index in [1.165, 1.54) is 12.1 Å². The van der Waals surface area contributed by atoms with E-state index in [-0.39, 0.29) is 17.6 Å². The second-order valence-corrected chi connectivity index (χ2v) is 4.01. The molecule has 0 saturated heterocycles. The van der Waals surface area contributed by atoms with Crippen LogP contribution in [0.1, 0.15) is 25.5 Å². The number of rotatable bonds is 5. The average molecular weight is 233 g/mol. The van der Waals surface area contributed by atoms with Crippen LogP contribution in [0.15, 0.2) is 24.3 Å². The van der Waals surface area contributed by atoms with Crippen LogP contribution in [0.5, 0.6) is 0 Å². The zero-order valence-electron chi connectivity index (χ0n) is 9.88. The molecule has 0 saturated carbocycles. The molecular formula is C12H15N3O2. The van der Waals surface area contributed by atoms with Crippen LogP contribution < -0.4 is 5.32 Å². The quantitative estimate of drug-likeness (QED) is 0.625. The van der Waals surface area contributed by atoms with Gasteiger partial charge < -0.3 is 5.32 Å². The molecule has 2 atom stereocenters. The molecule has 5 nitrogen and oxygen atoms in total. The highest BCUT2D eigenvalue weighted by Crippen LogP contribution is 2.17. The first kappa shape index (κ1) is 13.1. The molecular weight excluding hydrogens is 218 g/mol. The zero-order valence-corrected chi connectivity index (χ0v) is 9.88. The Kier molecular flexibility index (Phi) is 4.61. The van der Waals surface area contributed by atoms with Crippen molar-refractivity contribution < 1.29 is 4.92 Å². The maximum absolute atomic E-state index is 10.5. The lowest BCUT2D eigenvalue weighted by atomic mass is 10.1. The second-order valence-electron chi connectivity index (χ2n) is 4.01. The Morgan fingerprint density at radius 2 is 2.00 bits per heavy atom. The number of hydrogen-bond acceptors (Lipinski definition) is 4. The van der Waals surface area contributed by atoms with Crippen molar-refractivity contribution in [3.05, 3.63) is 39.9 Å². The predicted octanol–water partition coefficient (Wildman–Crippen LogP) is 2.41. The summed E-state index contributed by atoms with van der Waals surface area (Å²) >= 11 is 0. The molecule has 0 aliphatic rings. The summed E-state index contributed by atoms with van der Waals surface area (Å²) in [5.74, 6) is -0.0458. The van der Waals surface area contributed by atoms with Crippen LogP contribution in [0, 0.1) is 27.4 Å². The number of non-ortho nitro benzene ring substituents is 1. The molecule has 0 fully saturated rings. The predicted molar refractivity (Wildman–Crippen MR) is 64.3 cm³/mol. The van der Waals surface area contributed by atoms with Crippen LogP contribution in [-0.2, 0) is 0 Å². The lowest BCUT2D eigenvalue weighted by Gasteiger charge is -2.14. The first-order chi connectivity index (χ1) is 8.04. The molecule has 0 amide bonds. The van der Waals surface area contributed by atoms with Gasteiger partial charge in [0.05, 0.1) is 16.9 Å². The Morgan fingerprint density at radius 3 is 2.47 bits per heavy atom. The van der Waals surface area contributed by atoms with Gasteiger partial charge in [0.2, 0.25) is 0 Å². The van der Waals surface area contributed by atoms with Gasteiger partial charge in [0.25, 0.3) is 5.69 Å². The summed E-state index contributed by atoms with van der Waals surface area (Å²) in [4.78, 5) is 10.1. The summed E-state index contributed by atoms with van der Waals surface area (Å²) in [6.07, 6.45) is 0. The van der Waals surface area contributed by atoms with Gasteiger partial charge in [0.1, 0.15) is 0 Å².